The molecule has 2 amide bonds. The van der Waals surface area contributed by atoms with Crippen LogP contribution in [0.2, 0.25) is 0 Å². The van der Waals surface area contributed by atoms with Crippen molar-refractivity contribution in [2.24, 2.45) is 0 Å². The fourth-order valence-corrected chi connectivity index (χ4v) is 3.28. The van der Waals surface area contributed by atoms with Gasteiger partial charge in [0.25, 0.3) is 11.8 Å². The summed E-state index contributed by atoms with van der Waals surface area (Å²) in [5, 5.41) is 11.6. The third kappa shape index (κ3) is 3.63. The Morgan fingerprint density at radius 3 is 2.53 bits per heavy atom. The van der Waals surface area contributed by atoms with Gasteiger partial charge in [-0.25, -0.2) is 4.79 Å². The Labute approximate surface area is 176 Å². The number of benzene rings is 2. The maximum absolute atomic E-state index is 12.9. The molecule has 0 unspecified atom stereocenters. The van der Waals surface area contributed by atoms with Crippen molar-refractivity contribution in [1.82, 2.24) is 5.32 Å². The summed E-state index contributed by atoms with van der Waals surface area (Å²) < 4.78 is 5.72. The van der Waals surface area contributed by atoms with Crippen molar-refractivity contribution < 1.29 is 23.9 Å². The molecule has 0 saturated carbocycles. The molecular formula is C22H14N2O5S. The minimum absolute atomic E-state index is 0.000954. The Bertz CT molecular complexity index is 1210. The molecule has 2 aromatic carbocycles. The van der Waals surface area contributed by atoms with E-state index in [0.29, 0.717) is 17.0 Å². The van der Waals surface area contributed by atoms with Gasteiger partial charge in [0.2, 0.25) is 0 Å². The quantitative estimate of drug-likeness (QED) is 0.382. The second-order valence-corrected chi connectivity index (χ2v) is 6.77. The highest BCUT2D eigenvalue weighted by molar-refractivity contribution is 7.80. The van der Waals surface area contributed by atoms with Crippen LogP contribution in [0.3, 0.4) is 0 Å². The molecule has 1 aliphatic heterocycles. The molecule has 148 valence electrons. The van der Waals surface area contributed by atoms with E-state index in [-0.39, 0.29) is 22.0 Å². The van der Waals surface area contributed by atoms with E-state index in [4.69, 9.17) is 21.7 Å². The fourth-order valence-electron chi connectivity index (χ4n) is 3.00. The molecule has 1 saturated heterocycles. The molecule has 1 aromatic heterocycles. The van der Waals surface area contributed by atoms with Gasteiger partial charge in [0.05, 0.1) is 11.3 Å². The number of amides is 2. The number of hydrogen-bond acceptors (Lipinski definition) is 5. The average Bonchev–Trinajstić information content (AvgIpc) is 3.21. The number of anilines is 1. The van der Waals surface area contributed by atoms with Gasteiger partial charge in [-0.05, 0) is 54.7 Å². The monoisotopic (exact) mass is 418 g/mol. The van der Waals surface area contributed by atoms with Crippen LogP contribution >= 0.6 is 12.2 Å². The summed E-state index contributed by atoms with van der Waals surface area (Å²) in [5.41, 5.74) is 1.08. The van der Waals surface area contributed by atoms with Crippen LogP contribution < -0.4 is 10.2 Å². The Kier molecular flexibility index (Phi) is 4.99. The van der Waals surface area contributed by atoms with E-state index < -0.39 is 17.8 Å². The first kappa shape index (κ1) is 19.3. The highest BCUT2D eigenvalue weighted by Gasteiger charge is 2.34. The van der Waals surface area contributed by atoms with Crippen molar-refractivity contribution in [2.45, 2.75) is 0 Å². The molecule has 4 rings (SSSR count). The Balaban J connectivity index is 1.67. The Hall–Kier alpha value is -4.04. The lowest BCUT2D eigenvalue weighted by atomic mass is 10.1. The van der Waals surface area contributed by atoms with Gasteiger partial charge in [0.15, 0.2) is 5.11 Å². The topological polar surface area (TPSA) is 99.9 Å². The van der Waals surface area contributed by atoms with Crippen LogP contribution in [0.4, 0.5) is 5.69 Å². The number of carboxylic acid groups (broad SMARTS) is 1. The molecular weight excluding hydrogens is 404 g/mol. The Morgan fingerprint density at radius 1 is 1.03 bits per heavy atom. The maximum Gasteiger partial charge on any atom is 0.335 e. The number of furan rings is 1. The van der Waals surface area contributed by atoms with Gasteiger partial charge < -0.3 is 9.52 Å². The number of nitrogens with one attached hydrogen (secondary N) is 1. The van der Waals surface area contributed by atoms with Crippen molar-refractivity contribution >= 4 is 46.9 Å². The first-order valence-corrected chi connectivity index (χ1v) is 9.25. The molecule has 0 radical (unpaired) electrons. The van der Waals surface area contributed by atoms with Gasteiger partial charge in [-0.1, -0.05) is 30.3 Å². The number of hydrogen-bond donors (Lipinski definition) is 2. The number of thiocarbonyl (C=S) groups is 1. The van der Waals surface area contributed by atoms with Crippen LogP contribution in [-0.4, -0.2) is 28.0 Å². The molecule has 2 heterocycles. The fraction of sp³-hybridized carbons (Fsp3) is 0. The third-order valence-electron chi connectivity index (χ3n) is 4.42. The minimum Gasteiger partial charge on any atom is -0.478 e. The van der Waals surface area contributed by atoms with Crippen LogP contribution in [0.1, 0.15) is 16.1 Å². The zero-order valence-corrected chi connectivity index (χ0v) is 16.2. The molecule has 30 heavy (non-hydrogen) atoms. The van der Waals surface area contributed by atoms with Gasteiger partial charge in [-0.3, -0.25) is 19.8 Å². The number of carboxylic acids is 1. The normalized spacial score (nSPS) is 15.4. The van der Waals surface area contributed by atoms with Crippen molar-refractivity contribution in [3.8, 4) is 11.3 Å². The number of rotatable bonds is 4. The highest BCUT2D eigenvalue weighted by Crippen LogP contribution is 2.26. The van der Waals surface area contributed by atoms with E-state index in [0.717, 1.165) is 0 Å². The van der Waals surface area contributed by atoms with Crippen LogP contribution in [-0.2, 0) is 9.59 Å². The first-order chi connectivity index (χ1) is 14.4. The highest BCUT2D eigenvalue weighted by atomic mass is 32.1. The van der Waals surface area contributed by atoms with E-state index in [9.17, 15) is 14.4 Å². The Morgan fingerprint density at radius 2 is 1.80 bits per heavy atom. The van der Waals surface area contributed by atoms with Crippen molar-refractivity contribution in [3.63, 3.8) is 0 Å². The average molecular weight is 418 g/mol. The second kappa shape index (κ2) is 7.76. The smallest absolute Gasteiger partial charge is 0.335 e. The minimum atomic E-state index is -1.05. The summed E-state index contributed by atoms with van der Waals surface area (Å²) in [7, 11) is 0. The van der Waals surface area contributed by atoms with Gasteiger partial charge in [-0.2, -0.15) is 0 Å². The molecule has 1 fully saturated rings. The predicted molar refractivity (Wildman–Crippen MR) is 114 cm³/mol. The zero-order chi connectivity index (χ0) is 21.3. The largest absolute Gasteiger partial charge is 0.478 e. The predicted octanol–water partition coefficient (Wildman–Crippen LogP) is 3.48. The van der Waals surface area contributed by atoms with E-state index in [1.54, 1.807) is 54.6 Å². The van der Waals surface area contributed by atoms with Crippen molar-refractivity contribution in [3.05, 3.63) is 83.6 Å². The SMILES string of the molecule is O=C1NC(=S)N(c2ccccc2)C(=O)/C1=C/c1ccc(-c2cccc(C(=O)O)c2)o1. The van der Waals surface area contributed by atoms with Crippen LogP contribution in [0.15, 0.2) is 76.7 Å². The number of para-hydroxylation sites is 1. The summed E-state index contributed by atoms with van der Waals surface area (Å²) in [6.07, 6.45) is 1.33. The summed E-state index contributed by atoms with van der Waals surface area (Å²) >= 11 is 5.16. The molecule has 8 heteroatoms. The molecule has 0 spiro atoms. The van der Waals surface area contributed by atoms with Gasteiger partial charge >= 0.3 is 5.97 Å². The standard InChI is InChI=1S/C22H14N2O5S/c25-19-17(20(26)24(22(30)23-19)15-7-2-1-3-8-15)12-16-9-10-18(29-16)13-5-4-6-14(11-13)21(27)28/h1-12H,(H,27,28)(H,23,25,30)/b17-12+. The first-order valence-electron chi connectivity index (χ1n) is 8.84. The van der Waals surface area contributed by atoms with Crippen LogP contribution in [0, 0.1) is 0 Å². The molecule has 0 aliphatic carbocycles. The molecule has 1 aliphatic rings. The lowest BCUT2D eigenvalue weighted by molar-refractivity contribution is -0.122. The summed E-state index contributed by atoms with van der Waals surface area (Å²) in [5.74, 6) is -1.56. The van der Waals surface area contributed by atoms with Gasteiger partial charge in [0, 0.05) is 5.56 Å². The van der Waals surface area contributed by atoms with Gasteiger partial charge in [-0.15, -0.1) is 0 Å². The molecule has 2 N–H and O–H groups in total. The molecule has 0 atom stereocenters. The summed E-state index contributed by atoms with van der Waals surface area (Å²) in [4.78, 5) is 37.7. The van der Waals surface area contributed by atoms with E-state index in [1.807, 2.05) is 0 Å². The number of carbonyl (C=O) groups is 3. The second-order valence-electron chi connectivity index (χ2n) is 6.38. The number of nitrogens with zero attached hydrogens (tertiary/aromatic N) is 1. The number of aromatic carboxylic acids is 1. The third-order valence-corrected chi connectivity index (χ3v) is 4.71. The van der Waals surface area contributed by atoms with E-state index in [2.05, 4.69) is 5.32 Å². The molecule has 0 bridgehead atoms. The number of carbonyl (C=O) groups excluding carboxylic acids is 2. The molecule has 7 nitrogen and oxygen atoms in total. The summed E-state index contributed by atoms with van der Waals surface area (Å²) in [6.45, 7) is 0. The van der Waals surface area contributed by atoms with Gasteiger partial charge in [0.1, 0.15) is 17.1 Å². The van der Waals surface area contributed by atoms with Crippen molar-refractivity contribution in [1.29, 1.82) is 0 Å². The lowest BCUT2D eigenvalue weighted by Gasteiger charge is -2.28. The zero-order valence-electron chi connectivity index (χ0n) is 15.4. The van der Waals surface area contributed by atoms with E-state index in [1.165, 1.54) is 23.1 Å². The lowest BCUT2D eigenvalue weighted by Crippen LogP contribution is -2.54. The molecule has 3 aromatic rings. The van der Waals surface area contributed by atoms with Crippen LogP contribution in [0.25, 0.3) is 17.4 Å². The maximum atomic E-state index is 12.9. The van der Waals surface area contributed by atoms with Crippen LogP contribution in [0.5, 0.6) is 0 Å². The van der Waals surface area contributed by atoms with E-state index >= 15 is 0 Å². The summed E-state index contributed by atoms with van der Waals surface area (Å²) in [6, 6.07) is 18.2. The van der Waals surface area contributed by atoms with Crippen molar-refractivity contribution in [2.75, 3.05) is 4.90 Å².